The van der Waals surface area contributed by atoms with Gasteiger partial charge in [0, 0.05) is 47.9 Å². The van der Waals surface area contributed by atoms with Gasteiger partial charge in [-0.25, -0.2) is 0 Å². The Hall–Kier alpha value is -6.16. The minimum absolute atomic E-state index is 0.392. The van der Waals surface area contributed by atoms with Gasteiger partial charge in [-0.3, -0.25) is 0 Å². The lowest BCUT2D eigenvalue weighted by molar-refractivity contribution is 0.670. The average molecular weight is 670 g/mol. The highest BCUT2D eigenvalue weighted by Gasteiger charge is 2.17. The van der Waals surface area contributed by atoms with E-state index in [2.05, 4.69) is 162 Å². The molecule has 3 heteroatoms. The van der Waals surface area contributed by atoms with Crippen LogP contribution in [-0.2, 0) is 0 Å². The summed E-state index contributed by atoms with van der Waals surface area (Å²) < 4.78 is 11.5. The van der Waals surface area contributed by atoms with Gasteiger partial charge in [0.05, 0.1) is 11.0 Å². The third kappa shape index (κ3) is 4.48. The number of thiophene rings is 1. The van der Waals surface area contributed by atoms with Crippen LogP contribution in [-0.4, -0.2) is 4.57 Å². The van der Waals surface area contributed by atoms with Gasteiger partial charge in [0.25, 0.3) is 0 Å². The first-order valence-corrected chi connectivity index (χ1v) is 18.4. The van der Waals surface area contributed by atoms with Crippen molar-refractivity contribution in [3.8, 4) is 27.9 Å². The lowest BCUT2D eigenvalue weighted by Crippen LogP contribution is -2.23. The molecule has 2 nitrogen and oxygen atoms in total. The normalized spacial score (nSPS) is 14.3. The summed E-state index contributed by atoms with van der Waals surface area (Å²) in [7, 11) is 0. The van der Waals surface area contributed by atoms with Crippen molar-refractivity contribution in [3.63, 3.8) is 0 Å². The predicted octanol–water partition coefficient (Wildman–Crippen LogP) is 12.0. The molecule has 3 heterocycles. The van der Waals surface area contributed by atoms with Crippen LogP contribution in [0.5, 0.6) is 0 Å². The fourth-order valence-electron chi connectivity index (χ4n) is 8.26. The number of hydrogen-bond acceptors (Lipinski definition) is 2. The Morgan fingerprint density at radius 1 is 0.549 bits per heavy atom. The maximum absolute atomic E-state index is 6.36. The highest BCUT2D eigenvalue weighted by atomic mass is 32.1. The molecule has 0 radical (unpaired) electrons. The van der Waals surface area contributed by atoms with Crippen molar-refractivity contribution >= 4 is 77.3 Å². The zero-order chi connectivity index (χ0) is 33.5. The van der Waals surface area contributed by atoms with Gasteiger partial charge >= 0.3 is 0 Å². The van der Waals surface area contributed by atoms with Gasteiger partial charge < -0.3 is 8.98 Å². The van der Waals surface area contributed by atoms with Crippen molar-refractivity contribution in [3.05, 3.63) is 173 Å². The Kier molecular flexibility index (Phi) is 6.28. The second-order valence-electron chi connectivity index (χ2n) is 13.6. The molecule has 0 bridgehead atoms. The van der Waals surface area contributed by atoms with Crippen LogP contribution in [0.4, 0.5) is 0 Å². The van der Waals surface area contributed by atoms with Crippen LogP contribution in [0.15, 0.2) is 162 Å². The van der Waals surface area contributed by atoms with Gasteiger partial charge in [-0.15, -0.1) is 11.3 Å². The third-order valence-electron chi connectivity index (χ3n) is 10.8. The molecule has 0 aliphatic heterocycles. The van der Waals surface area contributed by atoms with Gasteiger partial charge in [0.1, 0.15) is 11.2 Å². The summed E-state index contributed by atoms with van der Waals surface area (Å²) in [5, 5.41) is 7.59. The summed E-state index contributed by atoms with van der Waals surface area (Å²) in [4.78, 5) is 0. The molecular weight excluding hydrogens is 639 g/mol. The molecule has 0 saturated heterocycles. The summed E-state index contributed by atoms with van der Waals surface area (Å²) in [5.74, 6) is 0.392. The highest BCUT2D eigenvalue weighted by molar-refractivity contribution is 7.17. The monoisotopic (exact) mass is 669 g/mol. The number of hydrogen-bond donors (Lipinski definition) is 0. The Morgan fingerprint density at radius 3 is 2.14 bits per heavy atom. The molecule has 240 valence electrons. The lowest BCUT2D eigenvalue weighted by Gasteiger charge is -2.14. The Morgan fingerprint density at radius 2 is 1.25 bits per heavy atom. The average Bonchev–Trinajstić information content (AvgIpc) is 3.87. The lowest BCUT2D eigenvalue weighted by atomic mass is 9.90. The topological polar surface area (TPSA) is 18.1 Å². The number of benzene rings is 7. The van der Waals surface area contributed by atoms with E-state index in [1.54, 1.807) is 0 Å². The van der Waals surface area contributed by atoms with Crippen LogP contribution < -0.4 is 9.75 Å². The number of para-hydroxylation sites is 3. The zero-order valence-electron chi connectivity index (χ0n) is 27.7. The van der Waals surface area contributed by atoms with Crippen LogP contribution >= 0.6 is 11.3 Å². The van der Waals surface area contributed by atoms with E-state index in [0.717, 1.165) is 45.2 Å². The Balaban J connectivity index is 0.951. The quantitative estimate of drug-likeness (QED) is 0.182. The SMILES string of the molecule is C1=c2sc3ccccc3c2=CC(c2ccc(-c3ccc4c(c3)c3ccccc3n4-c3ccc(-c4cccc5c4oc4ccccc45)cc3)cc2)C1. The fourth-order valence-corrected chi connectivity index (χ4v) is 9.40. The summed E-state index contributed by atoms with van der Waals surface area (Å²) in [6, 6.07) is 57.3. The molecule has 11 rings (SSSR count). The fraction of sp³-hybridized carbons (Fsp3) is 0.0417. The molecule has 0 fully saturated rings. The van der Waals surface area contributed by atoms with Crippen LogP contribution in [0, 0.1) is 0 Å². The van der Waals surface area contributed by atoms with Gasteiger partial charge in [-0.1, -0.05) is 127 Å². The van der Waals surface area contributed by atoms with Crippen molar-refractivity contribution in [2.45, 2.75) is 12.3 Å². The molecular formula is C48H31NOS. The van der Waals surface area contributed by atoms with E-state index in [0.29, 0.717) is 5.92 Å². The minimum atomic E-state index is 0.392. The summed E-state index contributed by atoms with van der Waals surface area (Å²) in [6.45, 7) is 0. The van der Waals surface area contributed by atoms with Crippen LogP contribution in [0.25, 0.3) is 93.9 Å². The van der Waals surface area contributed by atoms with E-state index < -0.39 is 0 Å². The largest absolute Gasteiger partial charge is 0.455 e. The molecule has 1 unspecified atom stereocenters. The molecule has 0 saturated carbocycles. The number of rotatable bonds is 4. The molecule has 1 aliphatic carbocycles. The van der Waals surface area contributed by atoms with E-state index in [4.69, 9.17) is 4.42 Å². The van der Waals surface area contributed by atoms with Crippen molar-refractivity contribution in [1.82, 2.24) is 4.57 Å². The first-order chi connectivity index (χ1) is 25.3. The molecule has 0 spiro atoms. The number of furan rings is 1. The number of fused-ring (bicyclic) bond motifs is 9. The summed E-state index contributed by atoms with van der Waals surface area (Å²) in [6.07, 6.45) is 5.95. The highest BCUT2D eigenvalue weighted by Crippen LogP contribution is 2.38. The maximum Gasteiger partial charge on any atom is 0.143 e. The van der Waals surface area contributed by atoms with Crippen LogP contribution in [0.2, 0.25) is 0 Å². The first kappa shape index (κ1) is 28.7. The predicted molar refractivity (Wildman–Crippen MR) is 216 cm³/mol. The van der Waals surface area contributed by atoms with Gasteiger partial charge in [-0.2, -0.15) is 0 Å². The van der Waals surface area contributed by atoms with Crippen molar-refractivity contribution < 1.29 is 4.42 Å². The molecule has 7 aromatic carbocycles. The van der Waals surface area contributed by atoms with Crippen molar-refractivity contribution in [2.24, 2.45) is 0 Å². The summed E-state index contributed by atoms with van der Waals surface area (Å²) >= 11 is 1.91. The first-order valence-electron chi connectivity index (χ1n) is 17.6. The number of nitrogens with zero attached hydrogens (tertiary/aromatic N) is 1. The molecule has 51 heavy (non-hydrogen) atoms. The second kappa shape index (κ2) is 11.2. The van der Waals surface area contributed by atoms with E-state index in [1.165, 1.54) is 58.3 Å². The molecule has 10 aromatic rings. The second-order valence-corrected chi connectivity index (χ2v) is 14.7. The standard InChI is InChI=1S/C48H31NOS/c1-4-13-43-37(8-1)41-28-33(30-16-18-31(19-17-30)34-23-27-47-42(29-34)39-10-3-6-15-46(39)51-47)22-26-44(41)49(43)35-24-20-32(21-25-35)36-11-7-12-40-38-9-2-5-14-45(38)50-48(36)40/h1-22,24-29,34H,23H2. The smallest absolute Gasteiger partial charge is 0.143 e. The minimum Gasteiger partial charge on any atom is -0.455 e. The summed E-state index contributed by atoms with van der Waals surface area (Å²) in [5.41, 5.74) is 11.5. The van der Waals surface area contributed by atoms with E-state index in [9.17, 15) is 0 Å². The number of aromatic nitrogens is 1. The van der Waals surface area contributed by atoms with E-state index >= 15 is 0 Å². The molecule has 0 N–H and O–H groups in total. The van der Waals surface area contributed by atoms with Crippen molar-refractivity contribution in [1.29, 1.82) is 0 Å². The maximum atomic E-state index is 6.36. The molecule has 1 atom stereocenters. The molecule has 3 aromatic heterocycles. The van der Waals surface area contributed by atoms with Crippen LogP contribution in [0.3, 0.4) is 0 Å². The zero-order valence-corrected chi connectivity index (χ0v) is 28.5. The van der Waals surface area contributed by atoms with Crippen LogP contribution in [0.1, 0.15) is 17.9 Å². The van der Waals surface area contributed by atoms with E-state index in [1.807, 2.05) is 23.5 Å². The van der Waals surface area contributed by atoms with Gasteiger partial charge in [0.15, 0.2) is 0 Å². The molecule has 1 aliphatic rings. The van der Waals surface area contributed by atoms with Gasteiger partial charge in [-0.05, 0) is 81.7 Å². The van der Waals surface area contributed by atoms with Gasteiger partial charge in [0.2, 0.25) is 0 Å². The Labute approximate surface area is 298 Å². The Bertz CT molecular complexity index is 3100. The van der Waals surface area contributed by atoms with Crippen molar-refractivity contribution in [2.75, 3.05) is 0 Å². The molecule has 0 amide bonds. The third-order valence-corrected chi connectivity index (χ3v) is 12.0. The van der Waals surface area contributed by atoms with E-state index in [-0.39, 0.29) is 0 Å².